The molecule has 0 unspecified atom stereocenters. The highest BCUT2D eigenvalue weighted by atomic mass is 16.1. The molecule has 1 fully saturated rings. The van der Waals surface area contributed by atoms with E-state index < -0.39 is 0 Å². The number of carbonyl (C=O) groups is 1. The molecule has 2 N–H and O–H groups in total. The van der Waals surface area contributed by atoms with Gasteiger partial charge in [-0.25, -0.2) is 0 Å². The maximum absolute atomic E-state index is 11.4. The fourth-order valence-electron chi connectivity index (χ4n) is 1.66. The Morgan fingerprint density at radius 2 is 2.15 bits per heavy atom. The summed E-state index contributed by atoms with van der Waals surface area (Å²) in [7, 11) is 1.91. The first kappa shape index (κ1) is 10.5. The van der Waals surface area contributed by atoms with Crippen molar-refractivity contribution in [3.63, 3.8) is 0 Å². The maximum Gasteiger partial charge on any atom is 0.220 e. The number of amides is 1. The van der Waals surface area contributed by atoms with Crippen LogP contribution in [0.5, 0.6) is 0 Å². The van der Waals surface area contributed by atoms with E-state index in [4.69, 9.17) is 0 Å². The third-order valence-electron chi connectivity index (χ3n) is 2.73. The highest BCUT2D eigenvalue weighted by Gasteiger charge is 2.32. The number of hydrogen-bond acceptors (Lipinski definition) is 2. The standard InChI is InChI=1S/C10H20N2O/c1-10(6-4-7-10)12-9(13)5-3-8-11-2/h11H,3-8H2,1-2H3,(H,12,13). The second-order valence-corrected chi connectivity index (χ2v) is 4.17. The normalized spacial score (nSPS) is 19.2. The first-order valence-electron chi connectivity index (χ1n) is 5.12. The number of nitrogens with one attached hydrogen (secondary N) is 2. The van der Waals surface area contributed by atoms with Gasteiger partial charge in [-0.05, 0) is 46.2 Å². The van der Waals surface area contributed by atoms with E-state index >= 15 is 0 Å². The Hall–Kier alpha value is -0.570. The second-order valence-electron chi connectivity index (χ2n) is 4.17. The molecule has 0 aromatic rings. The average molecular weight is 184 g/mol. The Morgan fingerprint density at radius 1 is 1.46 bits per heavy atom. The van der Waals surface area contributed by atoms with Gasteiger partial charge < -0.3 is 10.6 Å². The maximum atomic E-state index is 11.4. The van der Waals surface area contributed by atoms with E-state index in [1.807, 2.05) is 7.05 Å². The quantitative estimate of drug-likeness (QED) is 0.627. The summed E-state index contributed by atoms with van der Waals surface area (Å²) < 4.78 is 0. The van der Waals surface area contributed by atoms with E-state index in [-0.39, 0.29) is 11.4 Å². The third kappa shape index (κ3) is 3.35. The fourth-order valence-corrected chi connectivity index (χ4v) is 1.66. The van der Waals surface area contributed by atoms with Crippen LogP contribution in [0.25, 0.3) is 0 Å². The van der Waals surface area contributed by atoms with Crippen LogP contribution in [0.4, 0.5) is 0 Å². The topological polar surface area (TPSA) is 41.1 Å². The molecule has 1 saturated carbocycles. The summed E-state index contributed by atoms with van der Waals surface area (Å²) >= 11 is 0. The van der Waals surface area contributed by atoms with Gasteiger partial charge in [0, 0.05) is 12.0 Å². The molecule has 3 heteroatoms. The Bertz CT molecular complexity index is 176. The van der Waals surface area contributed by atoms with Crippen LogP contribution in [0.1, 0.15) is 39.0 Å². The van der Waals surface area contributed by atoms with Crippen molar-refractivity contribution in [2.45, 2.75) is 44.6 Å². The fraction of sp³-hybridized carbons (Fsp3) is 0.900. The minimum atomic E-state index is 0.122. The Morgan fingerprint density at radius 3 is 2.62 bits per heavy atom. The third-order valence-corrected chi connectivity index (χ3v) is 2.73. The number of carbonyl (C=O) groups excluding carboxylic acids is 1. The molecule has 0 aromatic heterocycles. The van der Waals surface area contributed by atoms with Crippen molar-refractivity contribution >= 4 is 5.91 Å². The van der Waals surface area contributed by atoms with E-state index in [2.05, 4.69) is 17.6 Å². The zero-order valence-corrected chi connectivity index (χ0v) is 8.65. The molecule has 1 aliphatic rings. The molecular formula is C10H20N2O. The van der Waals surface area contributed by atoms with Crippen LogP contribution < -0.4 is 10.6 Å². The number of rotatable bonds is 5. The molecule has 0 saturated heterocycles. The first-order chi connectivity index (χ1) is 6.16. The van der Waals surface area contributed by atoms with Gasteiger partial charge in [0.15, 0.2) is 0 Å². The van der Waals surface area contributed by atoms with E-state index in [1.165, 1.54) is 6.42 Å². The van der Waals surface area contributed by atoms with Crippen molar-refractivity contribution in [2.75, 3.05) is 13.6 Å². The van der Waals surface area contributed by atoms with E-state index in [9.17, 15) is 4.79 Å². The predicted octanol–water partition coefficient (Wildman–Crippen LogP) is 1.04. The van der Waals surface area contributed by atoms with Crippen LogP contribution >= 0.6 is 0 Å². The molecule has 0 atom stereocenters. The Labute approximate surface area is 80.3 Å². The number of hydrogen-bond donors (Lipinski definition) is 2. The highest BCUT2D eigenvalue weighted by Crippen LogP contribution is 2.30. The Kier molecular flexibility index (Phi) is 3.72. The molecule has 0 heterocycles. The molecule has 1 aliphatic carbocycles. The van der Waals surface area contributed by atoms with Crippen LogP contribution in [0, 0.1) is 0 Å². The first-order valence-corrected chi connectivity index (χ1v) is 5.12. The molecule has 0 spiro atoms. The van der Waals surface area contributed by atoms with Crippen LogP contribution in [-0.2, 0) is 4.79 Å². The smallest absolute Gasteiger partial charge is 0.220 e. The summed E-state index contributed by atoms with van der Waals surface area (Å²) in [4.78, 5) is 11.4. The van der Waals surface area contributed by atoms with Crippen LogP contribution in [-0.4, -0.2) is 25.0 Å². The minimum absolute atomic E-state index is 0.122. The summed E-state index contributed by atoms with van der Waals surface area (Å²) in [6.07, 6.45) is 5.12. The van der Waals surface area contributed by atoms with Gasteiger partial charge in [0.1, 0.15) is 0 Å². The second kappa shape index (κ2) is 4.61. The lowest BCUT2D eigenvalue weighted by Gasteiger charge is -2.39. The van der Waals surface area contributed by atoms with Gasteiger partial charge in [-0.1, -0.05) is 0 Å². The molecule has 0 bridgehead atoms. The summed E-state index contributed by atoms with van der Waals surface area (Å²) in [5, 5.41) is 6.12. The minimum Gasteiger partial charge on any atom is -0.351 e. The lowest BCUT2D eigenvalue weighted by Crippen LogP contribution is -2.50. The van der Waals surface area contributed by atoms with Gasteiger partial charge in [-0.3, -0.25) is 4.79 Å². The van der Waals surface area contributed by atoms with Gasteiger partial charge >= 0.3 is 0 Å². The molecule has 3 nitrogen and oxygen atoms in total. The zero-order valence-electron chi connectivity index (χ0n) is 8.65. The largest absolute Gasteiger partial charge is 0.351 e. The molecule has 13 heavy (non-hydrogen) atoms. The van der Waals surface area contributed by atoms with Crippen LogP contribution in [0.15, 0.2) is 0 Å². The molecule has 1 rings (SSSR count). The van der Waals surface area contributed by atoms with Gasteiger partial charge in [0.05, 0.1) is 0 Å². The molecule has 0 aromatic carbocycles. The predicted molar refractivity (Wildman–Crippen MR) is 53.6 cm³/mol. The van der Waals surface area contributed by atoms with E-state index in [0.717, 1.165) is 25.8 Å². The van der Waals surface area contributed by atoms with Crippen molar-refractivity contribution in [1.29, 1.82) is 0 Å². The van der Waals surface area contributed by atoms with E-state index in [0.29, 0.717) is 6.42 Å². The molecule has 1 amide bonds. The summed E-state index contributed by atoms with van der Waals surface area (Å²) in [6.45, 7) is 3.05. The lowest BCUT2D eigenvalue weighted by atomic mass is 9.78. The van der Waals surface area contributed by atoms with Crippen LogP contribution in [0.3, 0.4) is 0 Å². The Balaban J connectivity index is 2.10. The lowest BCUT2D eigenvalue weighted by molar-refractivity contribution is -0.123. The van der Waals surface area contributed by atoms with Gasteiger partial charge in [-0.15, -0.1) is 0 Å². The van der Waals surface area contributed by atoms with E-state index in [1.54, 1.807) is 0 Å². The van der Waals surface area contributed by atoms with Gasteiger partial charge in [0.25, 0.3) is 0 Å². The summed E-state index contributed by atoms with van der Waals surface area (Å²) in [5.41, 5.74) is 0.122. The SMILES string of the molecule is CNCCCC(=O)NC1(C)CCC1. The average Bonchev–Trinajstić information content (AvgIpc) is 2.02. The molecule has 0 aliphatic heterocycles. The monoisotopic (exact) mass is 184 g/mol. The van der Waals surface area contributed by atoms with Crippen molar-refractivity contribution < 1.29 is 4.79 Å². The summed E-state index contributed by atoms with van der Waals surface area (Å²) in [5.74, 6) is 0.206. The highest BCUT2D eigenvalue weighted by molar-refractivity contribution is 5.76. The van der Waals surface area contributed by atoms with Crippen molar-refractivity contribution in [3.05, 3.63) is 0 Å². The molecular weight excluding hydrogens is 164 g/mol. The van der Waals surface area contributed by atoms with Crippen molar-refractivity contribution in [1.82, 2.24) is 10.6 Å². The van der Waals surface area contributed by atoms with Gasteiger partial charge in [0.2, 0.25) is 5.91 Å². The zero-order chi connectivity index (χ0) is 9.73. The van der Waals surface area contributed by atoms with Crippen molar-refractivity contribution in [2.24, 2.45) is 0 Å². The summed E-state index contributed by atoms with van der Waals surface area (Å²) in [6, 6.07) is 0. The van der Waals surface area contributed by atoms with Crippen LogP contribution in [0.2, 0.25) is 0 Å². The molecule has 0 radical (unpaired) electrons. The molecule has 76 valence electrons. The van der Waals surface area contributed by atoms with Gasteiger partial charge in [-0.2, -0.15) is 0 Å². The van der Waals surface area contributed by atoms with Crippen molar-refractivity contribution in [3.8, 4) is 0 Å².